The second-order valence-corrected chi connectivity index (χ2v) is 8.11. The van der Waals surface area contributed by atoms with Gasteiger partial charge in [0.1, 0.15) is 6.04 Å². The van der Waals surface area contributed by atoms with E-state index in [-0.39, 0.29) is 23.3 Å². The van der Waals surface area contributed by atoms with E-state index in [2.05, 4.69) is 0 Å². The predicted octanol–water partition coefficient (Wildman–Crippen LogP) is 0.812. The van der Waals surface area contributed by atoms with E-state index < -0.39 is 21.8 Å². The van der Waals surface area contributed by atoms with Gasteiger partial charge in [-0.05, 0) is 24.1 Å². The van der Waals surface area contributed by atoms with Gasteiger partial charge in [-0.2, -0.15) is 0 Å². The number of hydrogen-bond acceptors (Lipinski definition) is 6. The quantitative estimate of drug-likeness (QED) is 0.690. The Morgan fingerprint density at radius 3 is 2.36 bits per heavy atom. The van der Waals surface area contributed by atoms with Crippen LogP contribution in [0.15, 0.2) is 29.2 Å². The fourth-order valence-electron chi connectivity index (χ4n) is 2.90. The van der Waals surface area contributed by atoms with Gasteiger partial charge >= 0.3 is 5.97 Å². The first kappa shape index (κ1) is 19.4. The lowest BCUT2D eigenvalue weighted by atomic mass is 10.1. The summed E-state index contributed by atoms with van der Waals surface area (Å²) in [5.41, 5.74) is 0.859. The maximum atomic E-state index is 12.5. The third-order valence-electron chi connectivity index (χ3n) is 4.37. The highest BCUT2D eigenvalue weighted by Crippen LogP contribution is 2.22. The lowest BCUT2D eigenvalue weighted by Crippen LogP contribution is -2.41. The Kier molecular flexibility index (Phi) is 6.18. The molecule has 25 heavy (non-hydrogen) atoms. The van der Waals surface area contributed by atoms with Gasteiger partial charge in [0.05, 0.1) is 18.1 Å². The Morgan fingerprint density at radius 2 is 1.84 bits per heavy atom. The fraction of sp³-hybridized carbons (Fsp3) is 0.529. The summed E-state index contributed by atoms with van der Waals surface area (Å²) in [7, 11) is -0.381. The molecule has 0 N–H and O–H groups in total. The molecule has 0 bridgehead atoms. The number of hydrogen-bond donors (Lipinski definition) is 0. The normalized spacial score (nSPS) is 20.5. The summed E-state index contributed by atoms with van der Waals surface area (Å²) < 4.78 is 32.9. The van der Waals surface area contributed by atoms with Crippen molar-refractivity contribution in [2.75, 3.05) is 27.0 Å². The molecule has 1 aliphatic rings. The van der Waals surface area contributed by atoms with Crippen LogP contribution in [0.25, 0.3) is 0 Å². The number of likely N-dealkylation sites (tertiary alicyclic amines) is 1. The first-order chi connectivity index (χ1) is 11.8. The summed E-state index contributed by atoms with van der Waals surface area (Å²) in [6, 6.07) is 5.84. The second-order valence-electron chi connectivity index (χ2n) is 6.09. The zero-order valence-electron chi connectivity index (χ0n) is 14.6. The molecule has 1 heterocycles. The second kappa shape index (κ2) is 7.97. The number of ether oxygens (including phenoxy) is 2. The number of esters is 1. The van der Waals surface area contributed by atoms with Gasteiger partial charge in [-0.25, -0.2) is 13.2 Å². The Hall–Kier alpha value is -1.93. The van der Waals surface area contributed by atoms with Crippen molar-refractivity contribution in [3.63, 3.8) is 0 Å². The standard InChI is InChI=1S/C17H23NO6S/c1-23-13-10-15(17(20)24-2)18(11-13)16(19)9-6-12-4-7-14(8-5-12)25(3,21)22/h4-5,7-8,13,15H,6,9-11H2,1-3H3/t13-,15-/m1/s1. The molecule has 138 valence electrons. The largest absolute Gasteiger partial charge is 0.467 e. The van der Waals surface area contributed by atoms with Crippen molar-refractivity contribution in [3.05, 3.63) is 29.8 Å². The zero-order valence-corrected chi connectivity index (χ0v) is 15.4. The molecular weight excluding hydrogens is 346 g/mol. The van der Waals surface area contributed by atoms with Gasteiger partial charge in [-0.15, -0.1) is 0 Å². The van der Waals surface area contributed by atoms with Crippen molar-refractivity contribution in [2.45, 2.75) is 36.3 Å². The SMILES string of the molecule is COC(=O)[C@H]1C[C@@H](OC)CN1C(=O)CCc1ccc(S(C)(=O)=O)cc1. The summed E-state index contributed by atoms with van der Waals surface area (Å²) in [6.45, 7) is 0.363. The van der Waals surface area contributed by atoms with Crippen LogP contribution < -0.4 is 0 Å². The molecule has 2 rings (SSSR count). The van der Waals surface area contributed by atoms with Crippen molar-refractivity contribution in [1.82, 2.24) is 4.90 Å². The Labute approximate surface area is 147 Å². The van der Waals surface area contributed by atoms with Crippen molar-refractivity contribution >= 4 is 21.7 Å². The summed E-state index contributed by atoms with van der Waals surface area (Å²) >= 11 is 0. The van der Waals surface area contributed by atoms with E-state index in [0.29, 0.717) is 19.4 Å². The lowest BCUT2D eigenvalue weighted by molar-refractivity contribution is -0.150. The van der Waals surface area contributed by atoms with Crippen LogP contribution >= 0.6 is 0 Å². The van der Waals surface area contributed by atoms with Crippen LogP contribution in [0.3, 0.4) is 0 Å². The van der Waals surface area contributed by atoms with E-state index in [1.165, 1.54) is 24.1 Å². The average molecular weight is 369 g/mol. The molecule has 1 fully saturated rings. The number of benzene rings is 1. The highest BCUT2D eigenvalue weighted by molar-refractivity contribution is 7.90. The molecule has 1 aromatic rings. The van der Waals surface area contributed by atoms with Gasteiger partial charge < -0.3 is 14.4 Å². The molecule has 0 radical (unpaired) electrons. The molecule has 0 aromatic heterocycles. The topological polar surface area (TPSA) is 90.0 Å². The Balaban J connectivity index is 2.00. The molecule has 1 aromatic carbocycles. The third-order valence-corrected chi connectivity index (χ3v) is 5.50. The number of rotatable bonds is 6. The number of methoxy groups -OCH3 is 2. The van der Waals surface area contributed by atoms with E-state index in [4.69, 9.17) is 9.47 Å². The zero-order chi connectivity index (χ0) is 18.6. The molecule has 1 saturated heterocycles. The Bertz CT molecular complexity index is 728. The molecule has 0 saturated carbocycles. The van der Waals surface area contributed by atoms with Crippen LogP contribution in [0.1, 0.15) is 18.4 Å². The fourth-order valence-corrected chi connectivity index (χ4v) is 3.53. The highest BCUT2D eigenvalue weighted by atomic mass is 32.2. The van der Waals surface area contributed by atoms with E-state index in [9.17, 15) is 18.0 Å². The van der Waals surface area contributed by atoms with Crippen LogP contribution in [-0.4, -0.2) is 64.4 Å². The monoisotopic (exact) mass is 369 g/mol. The van der Waals surface area contributed by atoms with Gasteiger partial charge in [0.15, 0.2) is 9.84 Å². The molecule has 7 nitrogen and oxygen atoms in total. The first-order valence-electron chi connectivity index (χ1n) is 7.95. The van der Waals surface area contributed by atoms with Gasteiger partial charge in [0.25, 0.3) is 0 Å². The predicted molar refractivity (Wildman–Crippen MR) is 90.8 cm³/mol. The summed E-state index contributed by atoms with van der Waals surface area (Å²) in [6.07, 6.45) is 2.09. The molecule has 1 amide bonds. The van der Waals surface area contributed by atoms with Crippen molar-refractivity contribution in [1.29, 1.82) is 0 Å². The van der Waals surface area contributed by atoms with Crippen molar-refractivity contribution in [3.8, 4) is 0 Å². The summed E-state index contributed by atoms with van der Waals surface area (Å²) in [4.78, 5) is 26.1. The van der Waals surface area contributed by atoms with E-state index >= 15 is 0 Å². The summed E-state index contributed by atoms with van der Waals surface area (Å²) in [5, 5.41) is 0. The molecule has 0 unspecified atom stereocenters. The number of carbonyl (C=O) groups excluding carboxylic acids is 2. The van der Waals surface area contributed by atoms with Gasteiger partial charge in [0, 0.05) is 32.8 Å². The molecule has 2 atom stereocenters. The van der Waals surface area contributed by atoms with Gasteiger partial charge in [0.2, 0.25) is 5.91 Å². The molecule has 0 spiro atoms. The van der Waals surface area contributed by atoms with Gasteiger partial charge in [-0.3, -0.25) is 4.79 Å². The van der Waals surface area contributed by atoms with Crippen LogP contribution in [-0.2, 0) is 35.3 Å². The van der Waals surface area contributed by atoms with E-state index in [0.717, 1.165) is 11.8 Å². The lowest BCUT2D eigenvalue weighted by Gasteiger charge is -2.22. The average Bonchev–Trinajstić information content (AvgIpc) is 3.03. The highest BCUT2D eigenvalue weighted by Gasteiger charge is 2.40. The van der Waals surface area contributed by atoms with Crippen molar-refractivity contribution in [2.24, 2.45) is 0 Å². The number of amides is 1. The minimum Gasteiger partial charge on any atom is -0.467 e. The van der Waals surface area contributed by atoms with Gasteiger partial charge in [-0.1, -0.05) is 12.1 Å². The number of carbonyl (C=O) groups is 2. The minimum atomic E-state index is -3.23. The Morgan fingerprint density at radius 1 is 1.20 bits per heavy atom. The number of sulfone groups is 1. The smallest absolute Gasteiger partial charge is 0.328 e. The van der Waals surface area contributed by atoms with Crippen LogP contribution in [0.5, 0.6) is 0 Å². The molecule has 1 aliphatic heterocycles. The van der Waals surface area contributed by atoms with E-state index in [1.54, 1.807) is 19.2 Å². The molecular formula is C17H23NO6S. The molecule has 8 heteroatoms. The maximum Gasteiger partial charge on any atom is 0.328 e. The number of aryl methyl sites for hydroxylation is 1. The minimum absolute atomic E-state index is 0.151. The van der Waals surface area contributed by atoms with E-state index in [1.807, 2.05) is 0 Å². The summed E-state index contributed by atoms with van der Waals surface area (Å²) in [5.74, 6) is -0.590. The van der Waals surface area contributed by atoms with Crippen LogP contribution in [0.4, 0.5) is 0 Å². The van der Waals surface area contributed by atoms with Crippen LogP contribution in [0.2, 0.25) is 0 Å². The first-order valence-corrected chi connectivity index (χ1v) is 9.84. The molecule has 0 aliphatic carbocycles. The number of nitrogens with zero attached hydrogens (tertiary/aromatic N) is 1. The van der Waals surface area contributed by atoms with Crippen molar-refractivity contribution < 1.29 is 27.5 Å². The maximum absolute atomic E-state index is 12.5. The van der Waals surface area contributed by atoms with Crippen LogP contribution in [0, 0.1) is 0 Å². The third kappa shape index (κ3) is 4.79.